The van der Waals surface area contributed by atoms with Gasteiger partial charge in [-0.05, 0) is 90.6 Å². The molecule has 38 heavy (non-hydrogen) atoms. The molecule has 9 heteroatoms. The number of halogens is 1. The van der Waals surface area contributed by atoms with Crippen molar-refractivity contribution in [2.45, 2.75) is 50.8 Å². The quantitative estimate of drug-likeness (QED) is 0.438. The molecule has 2 aliphatic heterocycles. The molecule has 2 aliphatic rings. The lowest BCUT2D eigenvalue weighted by Gasteiger charge is -2.32. The first-order valence-corrected chi connectivity index (χ1v) is 13.9. The van der Waals surface area contributed by atoms with E-state index in [1.54, 1.807) is 12.1 Å². The van der Waals surface area contributed by atoms with Crippen molar-refractivity contribution in [3.05, 3.63) is 74.0 Å². The van der Waals surface area contributed by atoms with E-state index in [1.807, 2.05) is 6.07 Å². The molecule has 8 nitrogen and oxygen atoms in total. The smallest absolute Gasteiger partial charge is 0.227 e. The standard InChI is InChI=1S/C29H31BrN4O4/c30-25-14-20(2-4-28(25)37-22-5-9-32-10-6-22)18-34-11-7-21(8-12-34)33-29(36)16-23-15-26(35)24-13-19(17-31)1-3-27(24)38-23/h1-4,13-15,21-22,32H,5-12,16,18H2,(H,33,36). The van der Waals surface area contributed by atoms with Gasteiger partial charge < -0.3 is 19.8 Å². The molecule has 2 saturated heterocycles. The average molecular weight is 579 g/mol. The highest BCUT2D eigenvalue weighted by molar-refractivity contribution is 9.10. The van der Waals surface area contributed by atoms with Crippen molar-refractivity contribution in [1.82, 2.24) is 15.5 Å². The van der Waals surface area contributed by atoms with E-state index in [0.717, 1.165) is 68.6 Å². The van der Waals surface area contributed by atoms with Gasteiger partial charge in [0.05, 0.1) is 27.9 Å². The van der Waals surface area contributed by atoms with Crippen molar-refractivity contribution >= 4 is 32.8 Å². The zero-order valence-corrected chi connectivity index (χ0v) is 22.8. The summed E-state index contributed by atoms with van der Waals surface area (Å²) in [6, 6.07) is 14.5. The molecule has 198 valence electrons. The Morgan fingerprint density at radius 1 is 1.13 bits per heavy atom. The third-order valence-electron chi connectivity index (χ3n) is 7.18. The van der Waals surface area contributed by atoms with Crippen LogP contribution in [0.1, 0.15) is 42.6 Å². The van der Waals surface area contributed by atoms with Crippen LogP contribution in [0, 0.1) is 11.3 Å². The minimum atomic E-state index is -0.253. The molecule has 2 fully saturated rings. The Kier molecular flexibility index (Phi) is 8.42. The van der Waals surface area contributed by atoms with Crippen molar-refractivity contribution in [2.24, 2.45) is 0 Å². The van der Waals surface area contributed by atoms with Gasteiger partial charge in [0.1, 0.15) is 23.2 Å². The van der Waals surface area contributed by atoms with Crippen molar-refractivity contribution in [2.75, 3.05) is 26.2 Å². The predicted octanol–water partition coefficient (Wildman–Crippen LogP) is 3.88. The molecular weight excluding hydrogens is 548 g/mol. The van der Waals surface area contributed by atoms with Crippen LogP contribution in [-0.2, 0) is 17.8 Å². The number of hydrogen-bond acceptors (Lipinski definition) is 7. The van der Waals surface area contributed by atoms with Crippen molar-refractivity contribution in [3.8, 4) is 11.8 Å². The molecule has 0 atom stereocenters. The minimum Gasteiger partial charge on any atom is -0.489 e. The number of carbonyl (C=O) groups excluding carboxylic acids is 1. The van der Waals surface area contributed by atoms with Crippen LogP contribution in [0.2, 0.25) is 0 Å². The molecule has 0 unspecified atom stereocenters. The molecule has 3 heterocycles. The maximum absolute atomic E-state index is 12.7. The van der Waals surface area contributed by atoms with Crippen LogP contribution >= 0.6 is 15.9 Å². The van der Waals surface area contributed by atoms with E-state index < -0.39 is 0 Å². The molecule has 0 spiro atoms. The lowest BCUT2D eigenvalue weighted by Crippen LogP contribution is -2.44. The Morgan fingerprint density at radius 2 is 1.92 bits per heavy atom. The van der Waals surface area contributed by atoms with E-state index >= 15 is 0 Å². The van der Waals surface area contributed by atoms with Crippen LogP contribution in [0.15, 0.2) is 56.1 Å². The van der Waals surface area contributed by atoms with Gasteiger partial charge in [-0.2, -0.15) is 5.26 Å². The Labute approximate surface area is 230 Å². The molecule has 1 aromatic heterocycles. The van der Waals surface area contributed by atoms with Crippen LogP contribution in [0.4, 0.5) is 0 Å². The number of nitrogens with zero attached hydrogens (tertiary/aromatic N) is 2. The number of benzene rings is 2. The maximum Gasteiger partial charge on any atom is 0.227 e. The number of nitriles is 1. The van der Waals surface area contributed by atoms with E-state index in [2.05, 4.69) is 49.7 Å². The van der Waals surface area contributed by atoms with Crippen LogP contribution in [0.25, 0.3) is 11.0 Å². The minimum absolute atomic E-state index is 0.00517. The van der Waals surface area contributed by atoms with Gasteiger partial charge in [-0.15, -0.1) is 0 Å². The number of piperidine rings is 2. The second-order valence-corrected chi connectivity index (χ2v) is 10.9. The summed E-state index contributed by atoms with van der Waals surface area (Å²) in [5.41, 5.74) is 1.75. The number of ether oxygens (including phenoxy) is 1. The highest BCUT2D eigenvalue weighted by Gasteiger charge is 2.22. The van der Waals surface area contributed by atoms with E-state index in [1.165, 1.54) is 17.7 Å². The highest BCUT2D eigenvalue weighted by atomic mass is 79.9. The largest absolute Gasteiger partial charge is 0.489 e. The zero-order chi connectivity index (χ0) is 26.5. The third kappa shape index (κ3) is 6.62. The monoisotopic (exact) mass is 578 g/mol. The first-order chi connectivity index (χ1) is 18.5. The summed E-state index contributed by atoms with van der Waals surface area (Å²) < 4.78 is 12.9. The Hall–Kier alpha value is -3.19. The SMILES string of the molecule is N#Cc1ccc2oc(CC(=O)NC3CCN(Cc4ccc(OC5CCNCC5)c(Br)c4)CC3)cc(=O)c2c1. The summed E-state index contributed by atoms with van der Waals surface area (Å²) in [7, 11) is 0. The summed E-state index contributed by atoms with van der Waals surface area (Å²) in [4.78, 5) is 27.5. The number of nitrogens with one attached hydrogen (secondary N) is 2. The molecule has 2 N–H and O–H groups in total. The summed E-state index contributed by atoms with van der Waals surface area (Å²) in [5, 5.41) is 15.8. The molecule has 0 aliphatic carbocycles. The summed E-state index contributed by atoms with van der Waals surface area (Å²) in [5.74, 6) is 1.06. The van der Waals surface area contributed by atoms with Gasteiger partial charge in [-0.3, -0.25) is 14.5 Å². The zero-order valence-electron chi connectivity index (χ0n) is 21.2. The molecule has 5 rings (SSSR count). The van der Waals surface area contributed by atoms with Crippen molar-refractivity contribution < 1.29 is 13.9 Å². The molecule has 0 bridgehead atoms. The normalized spacial score (nSPS) is 17.3. The second-order valence-electron chi connectivity index (χ2n) is 10.0. The molecule has 1 amide bonds. The van der Waals surface area contributed by atoms with Gasteiger partial charge in [-0.25, -0.2) is 0 Å². The van der Waals surface area contributed by atoms with Crippen molar-refractivity contribution in [3.63, 3.8) is 0 Å². The predicted molar refractivity (Wildman–Crippen MR) is 148 cm³/mol. The number of fused-ring (bicyclic) bond motifs is 1. The summed E-state index contributed by atoms with van der Waals surface area (Å²) in [6.45, 7) is 4.63. The van der Waals surface area contributed by atoms with Gasteiger partial charge in [0.25, 0.3) is 0 Å². The van der Waals surface area contributed by atoms with Crippen LogP contribution in [0.3, 0.4) is 0 Å². The first kappa shape index (κ1) is 26.4. The number of amides is 1. The molecule has 3 aromatic rings. The van der Waals surface area contributed by atoms with E-state index in [0.29, 0.717) is 22.3 Å². The Balaban J connectivity index is 1.09. The number of likely N-dealkylation sites (tertiary alicyclic amines) is 1. The number of hydrogen-bond donors (Lipinski definition) is 2. The number of rotatable bonds is 7. The maximum atomic E-state index is 12.7. The number of carbonyl (C=O) groups is 1. The van der Waals surface area contributed by atoms with Crippen LogP contribution in [-0.4, -0.2) is 49.1 Å². The Bertz CT molecular complexity index is 1400. The topological polar surface area (TPSA) is 108 Å². The van der Waals surface area contributed by atoms with Gasteiger partial charge in [0.2, 0.25) is 5.91 Å². The molecule has 0 saturated carbocycles. The first-order valence-electron chi connectivity index (χ1n) is 13.1. The van der Waals surface area contributed by atoms with Gasteiger partial charge in [0.15, 0.2) is 5.43 Å². The van der Waals surface area contributed by atoms with E-state index in [9.17, 15) is 9.59 Å². The lowest BCUT2D eigenvalue weighted by atomic mass is 10.0. The van der Waals surface area contributed by atoms with E-state index in [4.69, 9.17) is 14.4 Å². The van der Waals surface area contributed by atoms with Crippen LogP contribution < -0.4 is 20.8 Å². The van der Waals surface area contributed by atoms with Crippen LogP contribution in [0.5, 0.6) is 5.75 Å². The van der Waals surface area contributed by atoms with Gasteiger partial charge in [-0.1, -0.05) is 6.07 Å². The Morgan fingerprint density at radius 3 is 2.66 bits per heavy atom. The fraction of sp³-hybridized carbons (Fsp3) is 0.414. The van der Waals surface area contributed by atoms with Crippen molar-refractivity contribution in [1.29, 1.82) is 5.26 Å². The average Bonchev–Trinajstić information content (AvgIpc) is 2.92. The highest BCUT2D eigenvalue weighted by Crippen LogP contribution is 2.29. The third-order valence-corrected chi connectivity index (χ3v) is 7.80. The second kappa shape index (κ2) is 12.1. The molecule has 0 radical (unpaired) electrons. The molecular formula is C29H31BrN4O4. The lowest BCUT2D eigenvalue weighted by molar-refractivity contribution is -0.121. The summed E-state index contributed by atoms with van der Waals surface area (Å²) in [6.07, 6.45) is 4.05. The molecule has 2 aromatic carbocycles. The van der Waals surface area contributed by atoms with Gasteiger partial charge >= 0.3 is 0 Å². The fourth-order valence-electron chi connectivity index (χ4n) is 5.12. The van der Waals surface area contributed by atoms with E-state index in [-0.39, 0.29) is 29.9 Å². The summed E-state index contributed by atoms with van der Waals surface area (Å²) >= 11 is 3.68. The van der Waals surface area contributed by atoms with Gasteiger partial charge in [0, 0.05) is 31.7 Å². The fourth-order valence-corrected chi connectivity index (χ4v) is 5.64.